The summed E-state index contributed by atoms with van der Waals surface area (Å²) >= 11 is 3.48. The van der Waals surface area contributed by atoms with Gasteiger partial charge < -0.3 is 31.5 Å². The molecule has 2 heterocycles. The normalized spacial score (nSPS) is 16.0. The molecule has 4 amide bonds. The topological polar surface area (TPSA) is 140 Å². The number of hydrogen-bond acceptors (Lipinski definition) is 7. The van der Waals surface area contributed by atoms with E-state index >= 15 is 0 Å². The van der Waals surface area contributed by atoms with Crippen LogP contribution in [0.4, 0.5) is 27.9 Å². The summed E-state index contributed by atoms with van der Waals surface area (Å²) in [6.45, 7) is 4.44. The van der Waals surface area contributed by atoms with E-state index < -0.39 is 5.54 Å². The molecule has 12 heteroatoms. The molecule has 2 fully saturated rings. The van der Waals surface area contributed by atoms with E-state index in [2.05, 4.69) is 52.5 Å². The van der Waals surface area contributed by atoms with Crippen LogP contribution in [-0.2, 0) is 9.59 Å². The summed E-state index contributed by atoms with van der Waals surface area (Å²) in [4.78, 5) is 47.9. The van der Waals surface area contributed by atoms with Crippen molar-refractivity contribution < 1.29 is 14.4 Å². The quantitative estimate of drug-likeness (QED) is 0.241. The Labute approximate surface area is 237 Å². The Morgan fingerprint density at radius 2 is 1.79 bits per heavy atom. The number of carbonyl (C=O) groups is 3. The van der Waals surface area contributed by atoms with Crippen molar-refractivity contribution in [2.24, 2.45) is 0 Å². The molecule has 1 saturated heterocycles. The molecule has 0 atom stereocenters. The van der Waals surface area contributed by atoms with Gasteiger partial charge in [-0.1, -0.05) is 25.8 Å². The second-order valence-electron chi connectivity index (χ2n) is 9.95. The maximum absolute atomic E-state index is 12.9. The highest BCUT2D eigenvalue weighted by molar-refractivity contribution is 9.10. The van der Waals surface area contributed by atoms with Crippen LogP contribution in [0.5, 0.6) is 0 Å². The van der Waals surface area contributed by atoms with Crippen molar-refractivity contribution in [1.82, 2.24) is 25.5 Å². The maximum Gasteiger partial charge on any atom is 0.321 e. The Hall–Kier alpha value is -3.41. The number of carbonyl (C=O) groups excluding carboxylic acids is 3. The van der Waals surface area contributed by atoms with E-state index in [1.807, 2.05) is 29.2 Å². The maximum atomic E-state index is 12.9. The van der Waals surface area contributed by atoms with Gasteiger partial charge >= 0.3 is 6.03 Å². The number of rotatable bonds is 11. The van der Waals surface area contributed by atoms with Gasteiger partial charge in [0.25, 0.3) is 0 Å². The van der Waals surface area contributed by atoms with Crippen molar-refractivity contribution in [2.75, 3.05) is 42.1 Å². The Morgan fingerprint density at radius 3 is 2.54 bits per heavy atom. The van der Waals surface area contributed by atoms with E-state index in [0.29, 0.717) is 56.2 Å². The first kappa shape index (κ1) is 28.6. The molecule has 4 rings (SSSR count). The summed E-state index contributed by atoms with van der Waals surface area (Å²) < 4.78 is 0.718. The molecule has 1 aliphatic heterocycles. The van der Waals surface area contributed by atoms with Crippen LogP contribution in [0.2, 0.25) is 0 Å². The third kappa shape index (κ3) is 7.81. The van der Waals surface area contributed by atoms with Gasteiger partial charge in [-0.2, -0.15) is 4.98 Å². The number of hydrogen-bond donors (Lipinski definition) is 5. The van der Waals surface area contributed by atoms with E-state index in [9.17, 15) is 14.4 Å². The number of amides is 4. The summed E-state index contributed by atoms with van der Waals surface area (Å²) in [5.41, 5.74) is 0.676. The van der Waals surface area contributed by atoms with Gasteiger partial charge in [-0.05, 0) is 66.2 Å². The van der Waals surface area contributed by atoms with Crippen molar-refractivity contribution in [2.45, 2.75) is 63.8 Å². The standard InChI is InChI=1S/C27H37BrN8O3/c1-2-22(37)35-27(11-3-4-12-27)24(38)30-14-8-13-29-23-21(28)18-31-25(34-23)32-19-9-7-10-20(17-19)33-26(39)36-15-5-6-16-36/h7,9-10,17-18H,2-6,8,11-16H2,1H3,(H,30,38)(H,33,39)(H,35,37)(H2,29,31,32,34). The molecule has 0 unspecified atom stereocenters. The number of anilines is 4. The zero-order valence-electron chi connectivity index (χ0n) is 22.3. The van der Waals surface area contributed by atoms with Crippen molar-refractivity contribution in [3.63, 3.8) is 0 Å². The minimum atomic E-state index is -0.773. The first-order valence-electron chi connectivity index (χ1n) is 13.7. The molecule has 1 aromatic heterocycles. The number of nitrogens with zero attached hydrogens (tertiary/aromatic N) is 3. The minimum Gasteiger partial charge on any atom is -0.369 e. The van der Waals surface area contributed by atoms with Gasteiger partial charge in [-0.15, -0.1) is 0 Å². The van der Waals surface area contributed by atoms with Crippen LogP contribution in [0, 0.1) is 0 Å². The molecular formula is C27H37BrN8O3. The number of likely N-dealkylation sites (tertiary alicyclic amines) is 1. The Balaban J connectivity index is 1.26. The number of benzene rings is 1. The molecule has 210 valence electrons. The smallest absolute Gasteiger partial charge is 0.321 e. The van der Waals surface area contributed by atoms with Crippen molar-refractivity contribution >= 4 is 56.9 Å². The van der Waals surface area contributed by atoms with Gasteiger partial charge in [0.15, 0.2) is 0 Å². The highest BCUT2D eigenvalue weighted by atomic mass is 79.9. The van der Waals surface area contributed by atoms with E-state index in [0.717, 1.165) is 48.9 Å². The lowest BCUT2D eigenvalue weighted by Crippen LogP contribution is -2.57. The van der Waals surface area contributed by atoms with Gasteiger partial charge in [0.1, 0.15) is 11.4 Å². The molecule has 1 saturated carbocycles. The van der Waals surface area contributed by atoms with Crippen molar-refractivity contribution in [3.05, 3.63) is 34.9 Å². The summed E-state index contributed by atoms with van der Waals surface area (Å²) in [6, 6.07) is 7.34. The van der Waals surface area contributed by atoms with Gasteiger partial charge in [-0.3, -0.25) is 9.59 Å². The molecular weight excluding hydrogens is 564 g/mol. The third-order valence-corrected chi connectivity index (χ3v) is 7.61. The fraction of sp³-hybridized carbons (Fsp3) is 0.519. The first-order chi connectivity index (χ1) is 18.9. The molecule has 0 radical (unpaired) electrons. The second kappa shape index (κ2) is 13.6. The zero-order valence-corrected chi connectivity index (χ0v) is 23.9. The molecule has 2 aromatic rings. The summed E-state index contributed by atoms with van der Waals surface area (Å²) in [5, 5.41) is 15.4. The number of nitrogens with one attached hydrogen (secondary N) is 5. The molecule has 1 aromatic carbocycles. The van der Waals surface area contributed by atoms with Crippen LogP contribution in [0.1, 0.15) is 58.3 Å². The highest BCUT2D eigenvalue weighted by Gasteiger charge is 2.41. The van der Waals surface area contributed by atoms with Crippen LogP contribution in [0.25, 0.3) is 0 Å². The predicted octanol–water partition coefficient (Wildman–Crippen LogP) is 4.37. The fourth-order valence-electron chi connectivity index (χ4n) is 4.89. The molecule has 5 N–H and O–H groups in total. The van der Waals surface area contributed by atoms with Gasteiger partial charge in [0.05, 0.1) is 4.47 Å². The Kier molecular flexibility index (Phi) is 9.96. The number of urea groups is 1. The second-order valence-corrected chi connectivity index (χ2v) is 10.8. The van der Waals surface area contributed by atoms with E-state index in [4.69, 9.17) is 0 Å². The van der Waals surface area contributed by atoms with E-state index in [-0.39, 0.29) is 17.8 Å². The number of halogens is 1. The zero-order chi connectivity index (χ0) is 27.7. The summed E-state index contributed by atoms with van der Waals surface area (Å²) in [7, 11) is 0. The third-order valence-electron chi connectivity index (χ3n) is 7.03. The lowest BCUT2D eigenvalue weighted by Gasteiger charge is -2.29. The van der Waals surface area contributed by atoms with E-state index in [1.54, 1.807) is 13.1 Å². The molecule has 1 aliphatic carbocycles. The van der Waals surface area contributed by atoms with Crippen LogP contribution < -0.4 is 26.6 Å². The van der Waals surface area contributed by atoms with Gasteiger partial charge in [0, 0.05) is 50.2 Å². The largest absolute Gasteiger partial charge is 0.369 e. The fourth-order valence-corrected chi connectivity index (χ4v) is 5.22. The van der Waals surface area contributed by atoms with Crippen LogP contribution in [-0.4, -0.2) is 64.4 Å². The van der Waals surface area contributed by atoms with Gasteiger partial charge in [-0.25, -0.2) is 9.78 Å². The molecule has 11 nitrogen and oxygen atoms in total. The summed E-state index contributed by atoms with van der Waals surface area (Å²) in [6.07, 6.45) is 8.04. The first-order valence-corrected chi connectivity index (χ1v) is 14.5. The number of aromatic nitrogens is 2. The average Bonchev–Trinajstić information content (AvgIpc) is 3.64. The van der Waals surface area contributed by atoms with Crippen LogP contribution in [0.3, 0.4) is 0 Å². The molecule has 0 bridgehead atoms. The Morgan fingerprint density at radius 1 is 1.05 bits per heavy atom. The highest BCUT2D eigenvalue weighted by Crippen LogP contribution is 2.30. The monoisotopic (exact) mass is 600 g/mol. The van der Waals surface area contributed by atoms with E-state index in [1.165, 1.54) is 0 Å². The summed E-state index contributed by atoms with van der Waals surface area (Å²) in [5.74, 6) is 0.840. The van der Waals surface area contributed by atoms with Gasteiger partial charge in [0.2, 0.25) is 17.8 Å². The predicted molar refractivity (Wildman–Crippen MR) is 155 cm³/mol. The Bertz CT molecular complexity index is 1170. The van der Waals surface area contributed by atoms with Crippen molar-refractivity contribution in [3.8, 4) is 0 Å². The van der Waals surface area contributed by atoms with Crippen molar-refractivity contribution in [1.29, 1.82) is 0 Å². The average molecular weight is 602 g/mol. The lowest BCUT2D eigenvalue weighted by molar-refractivity contribution is -0.133. The SMILES string of the molecule is CCC(=O)NC1(C(=O)NCCCNc2nc(Nc3cccc(NC(=O)N4CCCC4)c3)ncc2Br)CCCC1. The minimum absolute atomic E-state index is 0.0867. The van der Waals surface area contributed by atoms with Crippen LogP contribution in [0.15, 0.2) is 34.9 Å². The molecule has 2 aliphatic rings. The lowest BCUT2D eigenvalue weighted by atomic mass is 9.96. The van der Waals surface area contributed by atoms with Crippen LogP contribution >= 0.6 is 15.9 Å². The molecule has 0 spiro atoms. The molecule has 39 heavy (non-hydrogen) atoms.